The minimum absolute atomic E-state index is 0.0697. The van der Waals surface area contributed by atoms with E-state index in [2.05, 4.69) is 17.0 Å². The van der Waals surface area contributed by atoms with E-state index < -0.39 is 0 Å². The summed E-state index contributed by atoms with van der Waals surface area (Å²) >= 11 is 0. The predicted octanol–water partition coefficient (Wildman–Crippen LogP) is 4.98. The van der Waals surface area contributed by atoms with Gasteiger partial charge in [0.2, 0.25) is 0 Å². The second-order valence-corrected chi connectivity index (χ2v) is 6.82. The molecule has 0 amide bonds. The van der Waals surface area contributed by atoms with Crippen LogP contribution in [0.15, 0.2) is 0 Å². The van der Waals surface area contributed by atoms with Crippen LogP contribution in [0, 0.1) is 0 Å². The Hall–Kier alpha value is -0.570. The SMILES string of the molecule is CCCCCCCC[C@H]1N[C@H]1CCCCCCCC(=O)OC. The van der Waals surface area contributed by atoms with E-state index in [1.807, 2.05) is 0 Å². The summed E-state index contributed by atoms with van der Waals surface area (Å²) in [5, 5.41) is 3.63. The van der Waals surface area contributed by atoms with Gasteiger partial charge in [-0.25, -0.2) is 0 Å². The summed E-state index contributed by atoms with van der Waals surface area (Å²) in [5.74, 6) is -0.0697. The first-order valence-electron chi connectivity index (χ1n) is 9.60. The molecule has 1 heterocycles. The highest BCUT2D eigenvalue weighted by atomic mass is 16.5. The molecule has 1 saturated heterocycles. The van der Waals surface area contributed by atoms with Gasteiger partial charge < -0.3 is 10.1 Å². The highest BCUT2D eigenvalue weighted by molar-refractivity contribution is 5.68. The lowest BCUT2D eigenvalue weighted by Crippen LogP contribution is -1.99. The number of hydrogen-bond acceptors (Lipinski definition) is 3. The molecule has 22 heavy (non-hydrogen) atoms. The average molecular weight is 312 g/mol. The minimum atomic E-state index is -0.0697. The maximum Gasteiger partial charge on any atom is 0.305 e. The fourth-order valence-corrected chi connectivity index (χ4v) is 3.20. The number of rotatable bonds is 15. The van der Waals surface area contributed by atoms with Gasteiger partial charge in [-0.3, -0.25) is 4.79 Å². The summed E-state index contributed by atoms with van der Waals surface area (Å²) in [5.41, 5.74) is 0. The van der Waals surface area contributed by atoms with Gasteiger partial charge in [-0.05, 0) is 19.3 Å². The zero-order valence-corrected chi connectivity index (χ0v) is 14.9. The first-order valence-corrected chi connectivity index (χ1v) is 9.60. The smallest absolute Gasteiger partial charge is 0.305 e. The number of nitrogens with one attached hydrogen (secondary N) is 1. The van der Waals surface area contributed by atoms with Crippen molar-refractivity contribution in [2.75, 3.05) is 7.11 Å². The Morgan fingerprint density at radius 2 is 1.32 bits per heavy atom. The molecule has 0 aromatic heterocycles. The van der Waals surface area contributed by atoms with Crippen molar-refractivity contribution in [3.05, 3.63) is 0 Å². The maximum atomic E-state index is 11.0. The molecule has 0 aromatic rings. The molecular weight excluding hydrogens is 274 g/mol. The van der Waals surface area contributed by atoms with Crippen LogP contribution < -0.4 is 5.32 Å². The Bertz CT molecular complexity index is 281. The zero-order valence-electron chi connectivity index (χ0n) is 14.9. The van der Waals surface area contributed by atoms with E-state index in [1.165, 1.54) is 77.7 Å². The summed E-state index contributed by atoms with van der Waals surface area (Å²) in [6.45, 7) is 2.28. The topological polar surface area (TPSA) is 48.2 Å². The third-order valence-electron chi connectivity index (χ3n) is 4.80. The van der Waals surface area contributed by atoms with Gasteiger partial charge in [0.05, 0.1) is 7.11 Å². The van der Waals surface area contributed by atoms with Crippen LogP contribution in [0.1, 0.15) is 96.8 Å². The van der Waals surface area contributed by atoms with Crippen LogP contribution >= 0.6 is 0 Å². The Morgan fingerprint density at radius 1 is 0.818 bits per heavy atom. The number of unbranched alkanes of at least 4 members (excludes halogenated alkanes) is 9. The molecule has 130 valence electrons. The average Bonchev–Trinajstić information content (AvgIpc) is 3.28. The standard InChI is InChI=1S/C19H37NO2/c1-3-4-5-6-8-11-14-17-18(20-17)15-12-9-7-10-13-16-19(21)22-2/h17-18,20H,3-16H2,1-2H3/t17-,18+/m1/s1. The lowest BCUT2D eigenvalue weighted by atomic mass is 10.0. The van der Waals surface area contributed by atoms with Gasteiger partial charge in [0.15, 0.2) is 0 Å². The van der Waals surface area contributed by atoms with Crippen LogP contribution in [0.3, 0.4) is 0 Å². The molecule has 0 radical (unpaired) electrons. The molecule has 1 aliphatic heterocycles. The predicted molar refractivity (Wildman–Crippen MR) is 93.0 cm³/mol. The van der Waals surface area contributed by atoms with Crippen molar-refractivity contribution in [1.82, 2.24) is 5.32 Å². The van der Waals surface area contributed by atoms with Crippen LogP contribution in [0.5, 0.6) is 0 Å². The molecule has 1 aliphatic rings. The second kappa shape index (κ2) is 12.9. The molecule has 0 aliphatic carbocycles. The molecule has 0 aromatic carbocycles. The molecular formula is C19H37NO2. The highest BCUT2D eigenvalue weighted by Gasteiger charge is 2.33. The Morgan fingerprint density at radius 3 is 1.86 bits per heavy atom. The quantitative estimate of drug-likeness (QED) is 0.263. The first-order chi connectivity index (χ1) is 10.8. The number of esters is 1. The van der Waals surface area contributed by atoms with Crippen LogP contribution in [0.25, 0.3) is 0 Å². The summed E-state index contributed by atoms with van der Waals surface area (Å²) in [6, 6.07) is 1.64. The van der Waals surface area contributed by atoms with Crippen LogP contribution in [0.2, 0.25) is 0 Å². The van der Waals surface area contributed by atoms with E-state index in [4.69, 9.17) is 0 Å². The van der Waals surface area contributed by atoms with Crippen molar-refractivity contribution >= 4 is 5.97 Å². The van der Waals surface area contributed by atoms with Crippen molar-refractivity contribution in [3.63, 3.8) is 0 Å². The van der Waals surface area contributed by atoms with Gasteiger partial charge in [-0.1, -0.05) is 71.1 Å². The molecule has 3 nitrogen and oxygen atoms in total. The van der Waals surface area contributed by atoms with Crippen molar-refractivity contribution < 1.29 is 9.53 Å². The lowest BCUT2D eigenvalue weighted by molar-refractivity contribution is -0.140. The number of hydrogen-bond donors (Lipinski definition) is 1. The molecule has 0 unspecified atom stereocenters. The monoisotopic (exact) mass is 311 g/mol. The molecule has 0 bridgehead atoms. The minimum Gasteiger partial charge on any atom is -0.469 e. The van der Waals surface area contributed by atoms with Crippen LogP contribution in [-0.2, 0) is 9.53 Å². The van der Waals surface area contributed by atoms with Crippen molar-refractivity contribution in [3.8, 4) is 0 Å². The molecule has 1 N–H and O–H groups in total. The van der Waals surface area contributed by atoms with Gasteiger partial charge in [-0.15, -0.1) is 0 Å². The Labute approximate surface area is 137 Å². The third kappa shape index (κ3) is 10.2. The summed E-state index contributed by atoms with van der Waals surface area (Å²) < 4.78 is 4.64. The van der Waals surface area contributed by atoms with E-state index in [0.29, 0.717) is 6.42 Å². The van der Waals surface area contributed by atoms with E-state index >= 15 is 0 Å². The van der Waals surface area contributed by atoms with E-state index in [0.717, 1.165) is 24.9 Å². The number of methoxy groups -OCH3 is 1. The van der Waals surface area contributed by atoms with Crippen molar-refractivity contribution in [1.29, 1.82) is 0 Å². The highest BCUT2D eigenvalue weighted by Crippen LogP contribution is 2.24. The number of carbonyl (C=O) groups excluding carboxylic acids is 1. The van der Waals surface area contributed by atoms with Crippen molar-refractivity contribution in [2.45, 2.75) is 109 Å². The molecule has 3 heteroatoms. The van der Waals surface area contributed by atoms with Gasteiger partial charge in [-0.2, -0.15) is 0 Å². The van der Waals surface area contributed by atoms with Crippen LogP contribution in [0.4, 0.5) is 0 Å². The molecule has 1 fully saturated rings. The summed E-state index contributed by atoms with van der Waals surface area (Å²) in [7, 11) is 1.46. The molecule has 0 spiro atoms. The molecule has 1 rings (SSSR count). The molecule has 0 saturated carbocycles. The third-order valence-corrected chi connectivity index (χ3v) is 4.80. The number of carbonyl (C=O) groups is 1. The fourth-order valence-electron chi connectivity index (χ4n) is 3.20. The Kier molecular flexibility index (Phi) is 11.4. The normalized spacial score (nSPS) is 20.1. The van der Waals surface area contributed by atoms with Gasteiger partial charge in [0.25, 0.3) is 0 Å². The van der Waals surface area contributed by atoms with E-state index in [1.54, 1.807) is 0 Å². The van der Waals surface area contributed by atoms with Crippen LogP contribution in [-0.4, -0.2) is 25.2 Å². The van der Waals surface area contributed by atoms with Gasteiger partial charge in [0, 0.05) is 18.5 Å². The zero-order chi connectivity index (χ0) is 16.0. The Balaban J connectivity index is 1.77. The van der Waals surface area contributed by atoms with Gasteiger partial charge >= 0.3 is 5.97 Å². The summed E-state index contributed by atoms with van der Waals surface area (Å²) in [4.78, 5) is 11.0. The number of ether oxygens (including phenoxy) is 1. The molecule has 2 atom stereocenters. The van der Waals surface area contributed by atoms with E-state index in [9.17, 15) is 4.79 Å². The maximum absolute atomic E-state index is 11.0. The lowest BCUT2D eigenvalue weighted by Gasteiger charge is -2.02. The van der Waals surface area contributed by atoms with E-state index in [-0.39, 0.29) is 5.97 Å². The first kappa shape index (κ1) is 19.5. The summed E-state index contributed by atoms with van der Waals surface area (Å²) in [6.07, 6.45) is 17.8. The van der Waals surface area contributed by atoms with Crippen molar-refractivity contribution in [2.24, 2.45) is 0 Å². The fraction of sp³-hybridized carbons (Fsp3) is 0.947. The van der Waals surface area contributed by atoms with Gasteiger partial charge in [0.1, 0.15) is 0 Å². The largest absolute Gasteiger partial charge is 0.469 e. The second-order valence-electron chi connectivity index (χ2n) is 6.82.